The van der Waals surface area contributed by atoms with Gasteiger partial charge in [-0.25, -0.2) is 9.48 Å². The molecule has 6 rings (SSSR count). The van der Waals surface area contributed by atoms with Gasteiger partial charge in [0.25, 0.3) is 0 Å². The van der Waals surface area contributed by atoms with Crippen molar-refractivity contribution in [3.63, 3.8) is 0 Å². The maximum Gasteiger partial charge on any atom is 0.323 e. The van der Waals surface area contributed by atoms with E-state index in [1.54, 1.807) is 32.4 Å². The number of ether oxygens (including phenoxy) is 2. The number of carbonyl (C=O) groups excluding carboxylic acids is 1. The Bertz CT molecular complexity index is 1690. The highest BCUT2D eigenvalue weighted by Crippen LogP contribution is 2.39. The third-order valence-electron chi connectivity index (χ3n) is 7.61. The van der Waals surface area contributed by atoms with Gasteiger partial charge in [-0.15, -0.1) is 0 Å². The molecule has 0 unspecified atom stereocenters. The maximum absolute atomic E-state index is 14.3. The number of aromatic nitrogens is 3. The van der Waals surface area contributed by atoms with Crippen molar-refractivity contribution < 1.29 is 14.3 Å². The van der Waals surface area contributed by atoms with Gasteiger partial charge in [-0.2, -0.15) is 5.10 Å². The van der Waals surface area contributed by atoms with Gasteiger partial charge < -0.3 is 24.3 Å². The molecule has 1 N–H and O–H groups in total. The second-order valence-electron chi connectivity index (χ2n) is 10.1. The SMILES string of the molecule is CCc1nn(-c2ccccc2)c2c1CN(C(=O)Nc1ccc(OC)cc1OC)[C@H](c1ccc(C)cc1)c1cccn1-2. The summed E-state index contributed by atoms with van der Waals surface area (Å²) in [6.45, 7) is 4.54. The smallest absolute Gasteiger partial charge is 0.323 e. The quantitative estimate of drug-likeness (QED) is 0.257. The van der Waals surface area contributed by atoms with Crippen LogP contribution in [0.1, 0.15) is 41.0 Å². The first-order chi connectivity index (χ1) is 20.0. The van der Waals surface area contributed by atoms with Crippen molar-refractivity contribution in [2.24, 2.45) is 0 Å². The molecular weight excluding hydrogens is 514 g/mol. The number of hydrogen-bond acceptors (Lipinski definition) is 4. The largest absolute Gasteiger partial charge is 0.497 e. The van der Waals surface area contributed by atoms with E-state index in [1.807, 2.05) is 33.8 Å². The van der Waals surface area contributed by atoms with Crippen LogP contribution in [-0.4, -0.2) is 39.5 Å². The predicted octanol–water partition coefficient (Wildman–Crippen LogP) is 6.69. The number of urea groups is 1. The van der Waals surface area contributed by atoms with Gasteiger partial charge >= 0.3 is 6.03 Å². The van der Waals surface area contributed by atoms with Crippen LogP contribution in [0, 0.1) is 6.92 Å². The zero-order valence-electron chi connectivity index (χ0n) is 23.7. The summed E-state index contributed by atoms with van der Waals surface area (Å²) in [5, 5.41) is 8.16. The van der Waals surface area contributed by atoms with Crippen LogP contribution in [0.25, 0.3) is 11.5 Å². The topological polar surface area (TPSA) is 73.6 Å². The molecule has 0 radical (unpaired) electrons. The van der Waals surface area contributed by atoms with Crippen molar-refractivity contribution in [3.8, 4) is 23.0 Å². The Balaban J connectivity index is 1.52. The number of fused-ring (bicyclic) bond motifs is 3. The summed E-state index contributed by atoms with van der Waals surface area (Å²) in [6.07, 6.45) is 2.79. The van der Waals surface area contributed by atoms with Gasteiger partial charge in [-0.05, 0) is 55.3 Å². The predicted molar refractivity (Wildman–Crippen MR) is 159 cm³/mol. The first-order valence-electron chi connectivity index (χ1n) is 13.7. The van der Waals surface area contributed by atoms with Crippen molar-refractivity contribution in [1.82, 2.24) is 19.2 Å². The number of anilines is 1. The average Bonchev–Trinajstić information content (AvgIpc) is 3.59. The zero-order chi connectivity index (χ0) is 28.5. The van der Waals surface area contributed by atoms with Crippen molar-refractivity contribution >= 4 is 11.7 Å². The van der Waals surface area contributed by atoms with Crippen LogP contribution in [0.15, 0.2) is 91.1 Å². The fourth-order valence-corrected chi connectivity index (χ4v) is 5.54. The molecule has 3 aromatic carbocycles. The Hall–Kier alpha value is -4.98. The van der Waals surface area contributed by atoms with Crippen LogP contribution < -0.4 is 14.8 Å². The normalized spacial score (nSPS) is 14.1. The van der Waals surface area contributed by atoms with Gasteiger partial charge in [0.15, 0.2) is 0 Å². The lowest BCUT2D eigenvalue weighted by molar-refractivity contribution is 0.194. The number of benzene rings is 3. The highest BCUT2D eigenvalue weighted by Gasteiger charge is 2.36. The fraction of sp³-hybridized carbons (Fsp3) is 0.212. The summed E-state index contributed by atoms with van der Waals surface area (Å²) in [7, 11) is 3.18. The molecule has 1 atom stereocenters. The molecule has 1 aliphatic rings. The molecule has 0 saturated heterocycles. The molecule has 8 heteroatoms. The number of para-hydroxylation sites is 1. The minimum Gasteiger partial charge on any atom is -0.497 e. The number of amides is 2. The van der Waals surface area contributed by atoms with Gasteiger partial charge in [0.1, 0.15) is 17.3 Å². The lowest BCUT2D eigenvalue weighted by Gasteiger charge is -2.31. The molecule has 0 spiro atoms. The van der Waals surface area contributed by atoms with Crippen LogP contribution in [-0.2, 0) is 13.0 Å². The third-order valence-corrected chi connectivity index (χ3v) is 7.61. The summed E-state index contributed by atoms with van der Waals surface area (Å²) in [5.74, 6) is 2.12. The van der Waals surface area contributed by atoms with E-state index in [0.717, 1.165) is 46.0 Å². The molecule has 41 heavy (non-hydrogen) atoms. The summed E-state index contributed by atoms with van der Waals surface area (Å²) in [4.78, 5) is 16.2. The van der Waals surface area contributed by atoms with E-state index in [1.165, 1.54) is 0 Å². The van der Waals surface area contributed by atoms with E-state index < -0.39 is 0 Å². The highest BCUT2D eigenvalue weighted by atomic mass is 16.5. The van der Waals surface area contributed by atoms with Gasteiger partial charge in [-0.1, -0.05) is 55.0 Å². The number of nitrogens with zero attached hydrogens (tertiary/aromatic N) is 4. The van der Waals surface area contributed by atoms with E-state index in [4.69, 9.17) is 14.6 Å². The third kappa shape index (κ3) is 4.71. The Morgan fingerprint density at radius 2 is 1.76 bits per heavy atom. The van der Waals surface area contributed by atoms with Crippen LogP contribution in [0.5, 0.6) is 11.5 Å². The van der Waals surface area contributed by atoms with Crippen LogP contribution >= 0.6 is 0 Å². The van der Waals surface area contributed by atoms with Gasteiger partial charge in [0.2, 0.25) is 0 Å². The number of methoxy groups -OCH3 is 2. The molecule has 1 aliphatic heterocycles. The standard InChI is InChI=1S/C33H33N5O3/c1-5-27-26-21-37(33(39)34-28-18-17-25(40-3)20-30(28)41-4)31(23-15-13-22(2)14-16-23)29-12-9-19-36(29)32(26)38(35-27)24-10-7-6-8-11-24/h6-20,31H,5,21H2,1-4H3,(H,34,39)/t31-/m1/s1. The van der Waals surface area contributed by atoms with Gasteiger partial charge in [0.05, 0.1) is 49.6 Å². The second-order valence-corrected chi connectivity index (χ2v) is 10.1. The number of rotatable bonds is 6. The summed E-state index contributed by atoms with van der Waals surface area (Å²) < 4.78 is 15.1. The van der Waals surface area contributed by atoms with Crippen molar-refractivity contribution in [1.29, 1.82) is 0 Å². The first kappa shape index (κ1) is 26.3. The lowest BCUT2D eigenvalue weighted by atomic mass is 10.0. The molecule has 0 saturated carbocycles. The monoisotopic (exact) mass is 547 g/mol. The molecule has 3 heterocycles. The Labute approximate surface area is 239 Å². The molecule has 2 amide bonds. The van der Waals surface area contributed by atoms with Gasteiger partial charge in [0, 0.05) is 17.8 Å². The zero-order valence-corrected chi connectivity index (χ0v) is 23.7. The van der Waals surface area contributed by atoms with E-state index >= 15 is 0 Å². The fourth-order valence-electron chi connectivity index (χ4n) is 5.54. The number of aryl methyl sites for hydroxylation is 2. The highest BCUT2D eigenvalue weighted by molar-refractivity contribution is 5.92. The van der Waals surface area contributed by atoms with Crippen molar-refractivity contribution in [2.75, 3.05) is 19.5 Å². The van der Waals surface area contributed by atoms with E-state index in [-0.39, 0.29) is 12.1 Å². The molecular formula is C33H33N5O3. The molecule has 208 valence electrons. The summed E-state index contributed by atoms with van der Waals surface area (Å²) >= 11 is 0. The molecule has 0 bridgehead atoms. The van der Waals surface area contributed by atoms with E-state index in [2.05, 4.69) is 72.4 Å². The minimum absolute atomic E-state index is 0.242. The van der Waals surface area contributed by atoms with Crippen LogP contribution in [0.2, 0.25) is 0 Å². The Morgan fingerprint density at radius 1 is 0.976 bits per heavy atom. The molecule has 8 nitrogen and oxygen atoms in total. The lowest BCUT2D eigenvalue weighted by Crippen LogP contribution is -2.38. The van der Waals surface area contributed by atoms with E-state index in [9.17, 15) is 4.79 Å². The average molecular weight is 548 g/mol. The molecule has 2 aromatic heterocycles. The maximum atomic E-state index is 14.3. The van der Waals surface area contributed by atoms with E-state index in [0.29, 0.717) is 23.7 Å². The summed E-state index contributed by atoms with van der Waals surface area (Å²) in [5.41, 5.74) is 6.66. The summed E-state index contributed by atoms with van der Waals surface area (Å²) in [6, 6.07) is 27.4. The van der Waals surface area contributed by atoms with Gasteiger partial charge in [-0.3, -0.25) is 0 Å². The number of nitrogens with one attached hydrogen (secondary N) is 1. The first-order valence-corrected chi connectivity index (χ1v) is 13.7. The number of hydrogen-bond donors (Lipinski definition) is 1. The van der Waals surface area contributed by atoms with Crippen molar-refractivity contribution in [2.45, 2.75) is 32.9 Å². The van der Waals surface area contributed by atoms with Crippen LogP contribution in [0.3, 0.4) is 0 Å². The Kier molecular flexibility index (Phi) is 6.97. The van der Waals surface area contributed by atoms with Crippen molar-refractivity contribution in [3.05, 3.63) is 119 Å². The second kappa shape index (κ2) is 10.9. The molecule has 0 aliphatic carbocycles. The number of carbonyl (C=O) groups is 1. The molecule has 0 fully saturated rings. The molecule has 5 aromatic rings. The minimum atomic E-state index is -0.351. The Morgan fingerprint density at radius 3 is 2.46 bits per heavy atom. The van der Waals surface area contributed by atoms with Crippen LogP contribution in [0.4, 0.5) is 10.5 Å².